The minimum absolute atomic E-state index is 0.180. The van der Waals surface area contributed by atoms with Crippen molar-refractivity contribution in [1.82, 2.24) is 19.9 Å². The van der Waals surface area contributed by atoms with Crippen molar-refractivity contribution in [3.8, 4) is 22.5 Å². The lowest BCUT2D eigenvalue weighted by atomic mass is 10.0. The van der Waals surface area contributed by atoms with Crippen LogP contribution >= 0.6 is 0 Å². The molecule has 4 rings (SSSR count). The maximum Gasteiger partial charge on any atom is 0.226 e. The Kier molecular flexibility index (Phi) is 5.35. The van der Waals surface area contributed by atoms with Crippen LogP contribution in [0.1, 0.15) is 5.56 Å². The number of hydrogen-bond donors (Lipinski definition) is 1. The molecule has 156 valence electrons. The number of nitrogen functional groups attached to an aromatic ring is 1. The molecule has 1 saturated heterocycles. The van der Waals surface area contributed by atoms with Crippen LogP contribution in [-0.2, 0) is 14.6 Å². The molecule has 2 N–H and O–H groups in total. The second-order valence-electron chi connectivity index (χ2n) is 7.08. The molecule has 0 atom stereocenters. The maximum atomic E-state index is 12.1. The molecule has 0 amide bonds. The number of ether oxygens (including phenoxy) is 1. The Bertz CT molecular complexity index is 1180. The van der Waals surface area contributed by atoms with E-state index < -0.39 is 9.84 Å². The topological polar surface area (TPSA) is 124 Å². The first-order chi connectivity index (χ1) is 14.3. The van der Waals surface area contributed by atoms with Gasteiger partial charge in [-0.05, 0) is 19.1 Å². The number of sulfone groups is 1. The van der Waals surface area contributed by atoms with Gasteiger partial charge in [0.1, 0.15) is 0 Å². The predicted octanol–water partition coefficient (Wildman–Crippen LogP) is 1.73. The summed E-state index contributed by atoms with van der Waals surface area (Å²) in [5.74, 6) is 0.732. The fourth-order valence-corrected chi connectivity index (χ4v) is 3.97. The number of benzene rings is 1. The normalized spacial score (nSPS) is 14.7. The fraction of sp³-hybridized carbons (Fsp3) is 0.300. The number of rotatable bonds is 4. The molecule has 10 heteroatoms. The summed E-state index contributed by atoms with van der Waals surface area (Å²) in [5, 5.41) is 0. The first-order valence-corrected chi connectivity index (χ1v) is 11.3. The van der Waals surface area contributed by atoms with E-state index in [4.69, 9.17) is 20.4 Å². The largest absolute Gasteiger partial charge is 0.378 e. The van der Waals surface area contributed by atoms with Crippen LogP contribution in [0, 0.1) is 6.92 Å². The average molecular weight is 427 g/mol. The molecule has 3 aromatic rings. The molecule has 0 unspecified atom stereocenters. The number of morpholine rings is 1. The summed E-state index contributed by atoms with van der Waals surface area (Å²) in [6, 6.07) is 6.77. The van der Waals surface area contributed by atoms with E-state index in [1.54, 1.807) is 30.6 Å². The first-order valence-electron chi connectivity index (χ1n) is 9.42. The molecule has 0 radical (unpaired) electrons. The molecule has 30 heavy (non-hydrogen) atoms. The van der Waals surface area contributed by atoms with Crippen molar-refractivity contribution in [2.75, 3.05) is 43.2 Å². The zero-order chi connectivity index (χ0) is 21.3. The highest BCUT2D eigenvalue weighted by atomic mass is 32.2. The zero-order valence-electron chi connectivity index (χ0n) is 16.7. The van der Waals surface area contributed by atoms with E-state index in [0.29, 0.717) is 54.8 Å². The van der Waals surface area contributed by atoms with E-state index in [1.165, 1.54) is 6.26 Å². The molecular formula is C20H22N6O3S. The van der Waals surface area contributed by atoms with Crippen LogP contribution in [0.25, 0.3) is 22.5 Å². The lowest BCUT2D eigenvalue weighted by molar-refractivity contribution is 0.122. The van der Waals surface area contributed by atoms with Gasteiger partial charge in [-0.15, -0.1) is 0 Å². The van der Waals surface area contributed by atoms with Crippen molar-refractivity contribution in [2.24, 2.45) is 0 Å². The number of hydrogen-bond acceptors (Lipinski definition) is 9. The van der Waals surface area contributed by atoms with Gasteiger partial charge in [0.15, 0.2) is 9.84 Å². The lowest BCUT2D eigenvalue weighted by Gasteiger charge is -2.28. The molecule has 1 aliphatic rings. The molecule has 0 bridgehead atoms. The first kappa shape index (κ1) is 20.2. The molecule has 1 aliphatic heterocycles. The Morgan fingerprint density at radius 3 is 2.30 bits per heavy atom. The van der Waals surface area contributed by atoms with Crippen molar-refractivity contribution >= 4 is 21.7 Å². The third-order valence-electron chi connectivity index (χ3n) is 4.91. The summed E-state index contributed by atoms with van der Waals surface area (Å²) in [5.41, 5.74) is 9.17. The van der Waals surface area contributed by atoms with Gasteiger partial charge in [0, 0.05) is 48.4 Å². The van der Waals surface area contributed by atoms with E-state index in [0.717, 1.165) is 5.56 Å². The SMILES string of the molecule is Cc1c(-c2cnc(N)nc2)nc(N2CCOCC2)nc1-c1cccc(S(C)(=O)=O)c1. The summed E-state index contributed by atoms with van der Waals surface area (Å²) in [7, 11) is -3.35. The van der Waals surface area contributed by atoms with E-state index in [2.05, 4.69) is 14.9 Å². The molecule has 1 aromatic carbocycles. The van der Waals surface area contributed by atoms with Crippen LogP contribution in [0.5, 0.6) is 0 Å². The van der Waals surface area contributed by atoms with Gasteiger partial charge in [-0.3, -0.25) is 0 Å². The third kappa shape index (κ3) is 4.10. The highest BCUT2D eigenvalue weighted by molar-refractivity contribution is 7.90. The average Bonchev–Trinajstić information content (AvgIpc) is 2.75. The van der Waals surface area contributed by atoms with Gasteiger partial charge in [0.2, 0.25) is 11.9 Å². The van der Waals surface area contributed by atoms with Gasteiger partial charge < -0.3 is 15.4 Å². The highest BCUT2D eigenvalue weighted by Crippen LogP contribution is 2.32. The molecule has 1 fully saturated rings. The van der Waals surface area contributed by atoms with Gasteiger partial charge in [-0.25, -0.2) is 28.4 Å². The van der Waals surface area contributed by atoms with E-state index in [-0.39, 0.29) is 10.8 Å². The standard InChI is InChI=1S/C20H22N6O3S/c1-13-17(14-4-3-5-16(10-14)30(2,27)28)24-20(26-6-8-29-9-7-26)25-18(13)15-11-22-19(21)23-12-15/h3-5,10-12H,6-9H2,1-2H3,(H2,21,22,23). The maximum absolute atomic E-state index is 12.1. The zero-order valence-corrected chi connectivity index (χ0v) is 17.6. The number of aromatic nitrogens is 4. The second kappa shape index (κ2) is 7.96. The summed E-state index contributed by atoms with van der Waals surface area (Å²) < 4.78 is 29.5. The Labute approximate surface area is 174 Å². The quantitative estimate of drug-likeness (QED) is 0.664. The molecule has 0 saturated carbocycles. The van der Waals surface area contributed by atoms with E-state index in [9.17, 15) is 8.42 Å². The van der Waals surface area contributed by atoms with Crippen molar-refractivity contribution in [1.29, 1.82) is 0 Å². The van der Waals surface area contributed by atoms with Crippen molar-refractivity contribution in [2.45, 2.75) is 11.8 Å². The Morgan fingerprint density at radius 1 is 1.03 bits per heavy atom. The van der Waals surface area contributed by atoms with Gasteiger partial charge in [-0.2, -0.15) is 0 Å². The number of nitrogens with zero attached hydrogens (tertiary/aromatic N) is 5. The summed E-state index contributed by atoms with van der Waals surface area (Å²) >= 11 is 0. The van der Waals surface area contributed by atoms with Crippen molar-refractivity contribution < 1.29 is 13.2 Å². The minimum Gasteiger partial charge on any atom is -0.378 e. The molecular weight excluding hydrogens is 404 g/mol. The number of anilines is 2. The molecule has 2 aromatic heterocycles. The monoisotopic (exact) mass is 426 g/mol. The molecule has 0 aliphatic carbocycles. The molecule has 9 nitrogen and oxygen atoms in total. The van der Waals surface area contributed by atoms with Crippen molar-refractivity contribution in [3.63, 3.8) is 0 Å². The van der Waals surface area contributed by atoms with Gasteiger partial charge in [0.05, 0.1) is 29.5 Å². The molecule has 0 spiro atoms. The van der Waals surface area contributed by atoms with E-state index >= 15 is 0 Å². The smallest absolute Gasteiger partial charge is 0.226 e. The van der Waals surface area contributed by atoms with Crippen LogP contribution < -0.4 is 10.6 Å². The van der Waals surface area contributed by atoms with Gasteiger partial charge in [0.25, 0.3) is 0 Å². The predicted molar refractivity (Wildman–Crippen MR) is 114 cm³/mol. The second-order valence-corrected chi connectivity index (χ2v) is 9.09. The Hall–Kier alpha value is -3.11. The summed E-state index contributed by atoms with van der Waals surface area (Å²) in [6.45, 7) is 4.43. The van der Waals surface area contributed by atoms with E-state index in [1.807, 2.05) is 13.0 Å². The molecule has 3 heterocycles. The Morgan fingerprint density at radius 2 is 1.67 bits per heavy atom. The highest BCUT2D eigenvalue weighted by Gasteiger charge is 2.21. The third-order valence-corrected chi connectivity index (χ3v) is 6.02. The Balaban J connectivity index is 1.91. The fourth-order valence-electron chi connectivity index (χ4n) is 3.31. The van der Waals surface area contributed by atoms with Gasteiger partial charge >= 0.3 is 0 Å². The number of nitrogens with two attached hydrogens (primary N) is 1. The van der Waals surface area contributed by atoms with Crippen LogP contribution in [-0.4, -0.2) is 60.9 Å². The van der Waals surface area contributed by atoms with Crippen LogP contribution in [0.3, 0.4) is 0 Å². The van der Waals surface area contributed by atoms with Crippen molar-refractivity contribution in [3.05, 3.63) is 42.2 Å². The summed E-state index contributed by atoms with van der Waals surface area (Å²) in [4.78, 5) is 20.0. The van der Waals surface area contributed by atoms with Crippen LogP contribution in [0.4, 0.5) is 11.9 Å². The van der Waals surface area contributed by atoms with Gasteiger partial charge in [-0.1, -0.05) is 12.1 Å². The van der Waals surface area contributed by atoms with Crippen LogP contribution in [0.2, 0.25) is 0 Å². The van der Waals surface area contributed by atoms with Crippen LogP contribution in [0.15, 0.2) is 41.6 Å². The lowest BCUT2D eigenvalue weighted by Crippen LogP contribution is -2.37. The summed E-state index contributed by atoms with van der Waals surface area (Å²) in [6.07, 6.45) is 4.43. The minimum atomic E-state index is -3.35.